The minimum atomic E-state index is -3.67. The molecule has 0 aliphatic rings. The third kappa shape index (κ3) is 5.05. The third-order valence-electron chi connectivity index (χ3n) is 3.73. The van der Waals surface area contributed by atoms with Crippen LogP contribution in [0.2, 0.25) is 0 Å². The van der Waals surface area contributed by atoms with Gasteiger partial charge in [-0.15, -0.1) is 0 Å². The SMILES string of the molecule is CN(C)c1ccc(S(=O)(=O)N(C)C)cc1NC(=O)COC(=O)c1cccnc1. The smallest absolute Gasteiger partial charge is 0.340 e. The molecule has 28 heavy (non-hydrogen) atoms. The first-order chi connectivity index (χ1) is 13.1. The van der Waals surface area contributed by atoms with E-state index in [0.29, 0.717) is 5.69 Å². The number of aromatic nitrogens is 1. The summed E-state index contributed by atoms with van der Waals surface area (Å²) in [6.45, 7) is -0.523. The van der Waals surface area contributed by atoms with Crippen LogP contribution in [-0.2, 0) is 19.6 Å². The molecule has 0 saturated heterocycles. The molecule has 2 aromatic rings. The van der Waals surface area contributed by atoms with Crippen LogP contribution in [0.3, 0.4) is 0 Å². The second-order valence-electron chi connectivity index (χ2n) is 6.23. The normalized spacial score (nSPS) is 11.2. The maximum Gasteiger partial charge on any atom is 0.340 e. The lowest BCUT2D eigenvalue weighted by molar-refractivity contribution is -0.119. The number of hydrogen-bond donors (Lipinski definition) is 1. The summed E-state index contributed by atoms with van der Waals surface area (Å²) in [6, 6.07) is 7.52. The highest BCUT2D eigenvalue weighted by molar-refractivity contribution is 7.89. The lowest BCUT2D eigenvalue weighted by Gasteiger charge is -2.20. The predicted molar refractivity (Wildman–Crippen MR) is 105 cm³/mol. The Morgan fingerprint density at radius 2 is 1.86 bits per heavy atom. The average molecular weight is 406 g/mol. The second-order valence-corrected chi connectivity index (χ2v) is 8.38. The van der Waals surface area contributed by atoms with E-state index in [1.807, 2.05) is 0 Å². The minimum absolute atomic E-state index is 0.0331. The number of nitrogens with zero attached hydrogens (tertiary/aromatic N) is 3. The molecule has 1 aromatic carbocycles. The van der Waals surface area contributed by atoms with E-state index in [1.54, 1.807) is 31.1 Å². The summed E-state index contributed by atoms with van der Waals surface area (Å²) in [5.74, 6) is -1.28. The van der Waals surface area contributed by atoms with E-state index in [9.17, 15) is 18.0 Å². The van der Waals surface area contributed by atoms with Crippen molar-refractivity contribution in [3.05, 3.63) is 48.3 Å². The van der Waals surface area contributed by atoms with Gasteiger partial charge in [-0.1, -0.05) is 0 Å². The summed E-state index contributed by atoms with van der Waals surface area (Å²) < 4.78 is 30.7. The number of amides is 1. The number of hydrogen-bond acceptors (Lipinski definition) is 7. The van der Waals surface area contributed by atoms with E-state index in [0.717, 1.165) is 4.31 Å². The summed E-state index contributed by atoms with van der Waals surface area (Å²) in [7, 11) is 2.69. The van der Waals surface area contributed by atoms with Gasteiger partial charge in [0.05, 0.1) is 21.8 Å². The number of carbonyl (C=O) groups is 2. The molecule has 0 bridgehead atoms. The highest BCUT2D eigenvalue weighted by atomic mass is 32.2. The van der Waals surface area contributed by atoms with Crippen molar-refractivity contribution in [2.75, 3.05) is 45.0 Å². The number of pyridine rings is 1. The summed E-state index contributed by atoms with van der Waals surface area (Å²) in [5, 5.41) is 2.59. The quantitative estimate of drug-likeness (QED) is 0.688. The molecule has 0 radical (unpaired) electrons. The Balaban J connectivity index is 2.17. The lowest BCUT2D eigenvalue weighted by Crippen LogP contribution is -2.24. The van der Waals surface area contributed by atoms with Crippen molar-refractivity contribution >= 4 is 33.3 Å². The fraction of sp³-hybridized carbons (Fsp3) is 0.278. The molecule has 0 fully saturated rings. The first-order valence-electron chi connectivity index (χ1n) is 8.24. The zero-order valence-electron chi connectivity index (χ0n) is 16.0. The predicted octanol–water partition coefficient (Wildman–Crippen LogP) is 1.19. The van der Waals surface area contributed by atoms with E-state index < -0.39 is 28.5 Å². The van der Waals surface area contributed by atoms with Gasteiger partial charge in [-0.25, -0.2) is 17.5 Å². The number of sulfonamides is 1. The molecule has 9 nitrogen and oxygen atoms in total. The number of benzene rings is 1. The fourth-order valence-electron chi connectivity index (χ4n) is 2.26. The number of carbonyl (C=O) groups excluding carboxylic acids is 2. The first-order valence-corrected chi connectivity index (χ1v) is 9.68. The Kier molecular flexibility index (Phi) is 6.71. The molecule has 1 heterocycles. The molecule has 0 atom stereocenters. The summed E-state index contributed by atoms with van der Waals surface area (Å²) in [4.78, 5) is 29.7. The molecule has 150 valence electrons. The number of nitrogens with one attached hydrogen (secondary N) is 1. The fourth-order valence-corrected chi connectivity index (χ4v) is 3.19. The zero-order valence-corrected chi connectivity index (χ0v) is 16.9. The van der Waals surface area contributed by atoms with Crippen molar-refractivity contribution in [1.82, 2.24) is 9.29 Å². The second kappa shape index (κ2) is 8.81. The van der Waals surface area contributed by atoms with Gasteiger partial charge in [-0.3, -0.25) is 9.78 Å². The monoisotopic (exact) mass is 406 g/mol. The van der Waals surface area contributed by atoms with E-state index in [4.69, 9.17) is 4.74 Å². The topological polar surface area (TPSA) is 109 Å². The highest BCUT2D eigenvalue weighted by Crippen LogP contribution is 2.28. The van der Waals surface area contributed by atoms with E-state index >= 15 is 0 Å². The van der Waals surface area contributed by atoms with Crippen molar-refractivity contribution in [2.24, 2.45) is 0 Å². The van der Waals surface area contributed by atoms with Crippen LogP contribution in [0.15, 0.2) is 47.6 Å². The van der Waals surface area contributed by atoms with Crippen molar-refractivity contribution in [2.45, 2.75) is 4.90 Å². The van der Waals surface area contributed by atoms with Crippen molar-refractivity contribution < 1.29 is 22.7 Å². The van der Waals surface area contributed by atoms with Gasteiger partial charge in [0.1, 0.15) is 0 Å². The van der Waals surface area contributed by atoms with Crippen LogP contribution in [0.1, 0.15) is 10.4 Å². The molecule has 10 heteroatoms. The van der Waals surface area contributed by atoms with Crippen LogP contribution in [0.5, 0.6) is 0 Å². The Bertz CT molecular complexity index is 959. The van der Waals surface area contributed by atoms with Crippen LogP contribution in [0.25, 0.3) is 0 Å². The molecule has 0 saturated carbocycles. The van der Waals surface area contributed by atoms with Crippen LogP contribution < -0.4 is 10.2 Å². The number of rotatable bonds is 7. The maximum atomic E-state index is 12.3. The molecular formula is C18H22N4O5S. The Hall–Kier alpha value is -2.98. The molecule has 0 aliphatic carbocycles. The first kappa shape index (κ1) is 21.3. The van der Waals surface area contributed by atoms with Gasteiger partial charge in [0.15, 0.2) is 6.61 Å². The van der Waals surface area contributed by atoms with E-state index in [-0.39, 0.29) is 16.1 Å². The largest absolute Gasteiger partial charge is 0.452 e. The summed E-state index contributed by atoms with van der Waals surface area (Å²) in [6.07, 6.45) is 2.85. The standard InChI is InChI=1S/C18H22N4O5S/c1-21(2)16-8-7-14(28(25,26)22(3)4)10-15(16)20-17(23)12-27-18(24)13-6-5-9-19-11-13/h5-11H,12H2,1-4H3,(H,20,23). The van der Waals surface area contributed by atoms with E-state index in [2.05, 4.69) is 10.3 Å². The molecule has 1 amide bonds. The summed E-state index contributed by atoms with van der Waals surface area (Å²) in [5.41, 5.74) is 1.11. The minimum Gasteiger partial charge on any atom is -0.452 e. The number of anilines is 2. The molecule has 0 spiro atoms. The van der Waals surface area contributed by atoms with Crippen LogP contribution in [0.4, 0.5) is 11.4 Å². The molecule has 1 N–H and O–H groups in total. The molecule has 0 unspecified atom stereocenters. The third-order valence-corrected chi connectivity index (χ3v) is 5.55. The van der Waals surface area contributed by atoms with Gasteiger partial charge in [0, 0.05) is 40.6 Å². The van der Waals surface area contributed by atoms with Gasteiger partial charge in [0.25, 0.3) is 5.91 Å². The van der Waals surface area contributed by atoms with Crippen molar-refractivity contribution in [3.63, 3.8) is 0 Å². The van der Waals surface area contributed by atoms with E-state index in [1.165, 1.54) is 44.7 Å². The van der Waals surface area contributed by atoms with Gasteiger partial charge in [0.2, 0.25) is 10.0 Å². The van der Waals surface area contributed by atoms with Crippen LogP contribution in [0, 0.1) is 0 Å². The number of esters is 1. The Morgan fingerprint density at radius 3 is 2.43 bits per heavy atom. The van der Waals surface area contributed by atoms with Crippen molar-refractivity contribution in [1.29, 1.82) is 0 Å². The lowest BCUT2D eigenvalue weighted by atomic mass is 10.2. The number of ether oxygens (including phenoxy) is 1. The van der Waals surface area contributed by atoms with Crippen LogP contribution >= 0.6 is 0 Å². The molecule has 1 aromatic heterocycles. The summed E-state index contributed by atoms with van der Waals surface area (Å²) >= 11 is 0. The molecular weight excluding hydrogens is 384 g/mol. The molecule has 2 rings (SSSR count). The zero-order chi connectivity index (χ0) is 20.9. The Labute approximate surface area is 164 Å². The van der Waals surface area contributed by atoms with Gasteiger partial charge in [-0.2, -0.15) is 0 Å². The van der Waals surface area contributed by atoms with Crippen molar-refractivity contribution in [3.8, 4) is 0 Å². The average Bonchev–Trinajstić information content (AvgIpc) is 2.66. The van der Waals surface area contributed by atoms with Crippen LogP contribution in [-0.4, -0.2) is 64.4 Å². The van der Waals surface area contributed by atoms with Gasteiger partial charge < -0.3 is 15.0 Å². The van der Waals surface area contributed by atoms with Gasteiger partial charge >= 0.3 is 5.97 Å². The maximum absolute atomic E-state index is 12.3. The Morgan fingerprint density at radius 1 is 1.14 bits per heavy atom. The van der Waals surface area contributed by atoms with Gasteiger partial charge in [-0.05, 0) is 30.3 Å². The highest BCUT2D eigenvalue weighted by Gasteiger charge is 2.20. The molecule has 0 aliphatic heterocycles.